The highest BCUT2D eigenvalue weighted by molar-refractivity contribution is 5.66. The molecule has 0 radical (unpaired) electrons. The lowest BCUT2D eigenvalue weighted by Gasteiger charge is -2.08. The first-order valence-electron chi connectivity index (χ1n) is 10.9. The molecule has 0 aromatic rings. The van der Waals surface area contributed by atoms with E-state index in [-0.39, 0.29) is 0 Å². The number of hydrogen-bond acceptors (Lipinski definition) is 2. The third-order valence-corrected chi connectivity index (χ3v) is 4.42. The van der Waals surface area contributed by atoms with Gasteiger partial charge in [-0.25, -0.2) is 0 Å². The molecule has 0 bridgehead atoms. The van der Waals surface area contributed by atoms with Crippen LogP contribution in [0.5, 0.6) is 0 Å². The minimum absolute atomic E-state index is 0.292. The Labute approximate surface area is 158 Å². The Morgan fingerprint density at radius 3 is 1.24 bits per heavy atom. The molecule has 0 saturated heterocycles. The van der Waals surface area contributed by atoms with Gasteiger partial charge in [-0.05, 0) is 33.5 Å². The minimum atomic E-state index is -0.711. The summed E-state index contributed by atoms with van der Waals surface area (Å²) in [4.78, 5) is 11.9. The maximum Gasteiger partial charge on any atom is 0.303 e. The molecule has 25 heavy (non-hydrogen) atoms. The van der Waals surface area contributed by atoms with Crippen LogP contribution in [0.3, 0.4) is 0 Å². The van der Waals surface area contributed by atoms with Gasteiger partial charge >= 0.3 is 5.97 Å². The fourth-order valence-corrected chi connectivity index (χ4v) is 2.84. The standard InChI is InChI=1S/C18H39N.C4H8O2/c1-4-5-6-7-8-9-10-11-12-13-14-15-16-17-18-19(2)3;1-2-3-4(5)6/h4-18H2,1-3H3;2-3H2,1H3,(H,5,6). The number of unbranched alkanes of at least 4 members (excludes halogenated alkanes) is 13. The zero-order chi connectivity index (χ0) is 19.2. The Morgan fingerprint density at radius 2 is 1.00 bits per heavy atom. The highest BCUT2D eigenvalue weighted by Crippen LogP contribution is 2.12. The first kappa shape index (κ1) is 26.7. The first-order chi connectivity index (χ1) is 12.0. The van der Waals surface area contributed by atoms with E-state index in [0.717, 1.165) is 6.42 Å². The highest BCUT2D eigenvalue weighted by atomic mass is 16.4. The largest absolute Gasteiger partial charge is 0.481 e. The van der Waals surface area contributed by atoms with Crippen molar-refractivity contribution in [3.63, 3.8) is 0 Å². The Bertz CT molecular complexity index is 254. The van der Waals surface area contributed by atoms with E-state index < -0.39 is 5.97 Å². The SMILES string of the molecule is CCCC(=O)O.CCCCCCCCCCCCCCCCN(C)C. The molecule has 0 aromatic heterocycles. The van der Waals surface area contributed by atoms with Crippen molar-refractivity contribution < 1.29 is 9.90 Å². The molecule has 0 rings (SSSR count). The van der Waals surface area contributed by atoms with Crippen LogP contribution >= 0.6 is 0 Å². The van der Waals surface area contributed by atoms with Gasteiger partial charge in [0.15, 0.2) is 0 Å². The average Bonchev–Trinajstić information content (AvgIpc) is 2.55. The summed E-state index contributed by atoms with van der Waals surface area (Å²) in [7, 11) is 4.34. The summed E-state index contributed by atoms with van der Waals surface area (Å²) in [5.41, 5.74) is 0. The number of nitrogens with zero attached hydrogens (tertiary/aromatic N) is 1. The van der Waals surface area contributed by atoms with Gasteiger partial charge in [0, 0.05) is 6.42 Å². The predicted octanol–water partition coefficient (Wildman–Crippen LogP) is 6.90. The summed E-state index contributed by atoms with van der Waals surface area (Å²) in [6.45, 7) is 5.40. The molecule has 0 atom stereocenters. The summed E-state index contributed by atoms with van der Waals surface area (Å²) in [5.74, 6) is -0.711. The summed E-state index contributed by atoms with van der Waals surface area (Å²) in [5, 5.41) is 7.91. The summed E-state index contributed by atoms with van der Waals surface area (Å²) in [6.07, 6.45) is 21.3. The molecule has 0 saturated carbocycles. The van der Waals surface area contributed by atoms with E-state index in [1.807, 2.05) is 6.92 Å². The van der Waals surface area contributed by atoms with Gasteiger partial charge in [-0.15, -0.1) is 0 Å². The van der Waals surface area contributed by atoms with Crippen LogP contribution in [0.1, 0.15) is 117 Å². The molecule has 0 amide bonds. The van der Waals surface area contributed by atoms with Gasteiger partial charge in [0.2, 0.25) is 0 Å². The van der Waals surface area contributed by atoms with Crippen molar-refractivity contribution in [3.8, 4) is 0 Å². The van der Waals surface area contributed by atoms with Crippen molar-refractivity contribution in [3.05, 3.63) is 0 Å². The average molecular weight is 358 g/mol. The van der Waals surface area contributed by atoms with Gasteiger partial charge in [0.05, 0.1) is 0 Å². The van der Waals surface area contributed by atoms with Crippen LogP contribution < -0.4 is 0 Å². The molecule has 0 aliphatic heterocycles. The molecule has 152 valence electrons. The first-order valence-corrected chi connectivity index (χ1v) is 10.9. The van der Waals surface area contributed by atoms with Crippen LogP contribution in [0.2, 0.25) is 0 Å². The molecular formula is C22H47NO2. The van der Waals surface area contributed by atoms with E-state index in [1.54, 1.807) is 0 Å². The van der Waals surface area contributed by atoms with Crippen molar-refractivity contribution in [2.75, 3.05) is 20.6 Å². The van der Waals surface area contributed by atoms with Gasteiger partial charge in [-0.3, -0.25) is 4.79 Å². The van der Waals surface area contributed by atoms with Crippen molar-refractivity contribution in [2.45, 2.75) is 117 Å². The zero-order valence-electron chi connectivity index (χ0n) is 17.8. The number of carboxylic acids is 1. The fraction of sp³-hybridized carbons (Fsp3) is 0.955. The molecule has 3 heteroatoms. The van der Waals surface area contributed by atoms with E-state index >= 15 is 0 Å². The van der Waals surface area contributed by atoms with E-state index in [4.69, 9.17) is 5.11 Å². The lowest BCUT2D eigenvalue weighted by Crippen LogP contribution is -2.12. The lowest BCUT2D eigenvalue weighted by molar-refractivity contribution is -0.137. The summed E-state index contributed by atoms with van der Waals surface area (Å²) in [6, 6.07) is 0. The quantitative estimate of drug-likeness (QED) is 0.288. The van der Waals surface area contributed by atoms with Gasteiger partial charge in [-0.1, -0.05) is 97.3 Å². The van der Waals surface area contributed by atoms with Crippen molar-refractivity contribution >= 4 is 5.97 Å². The molecule has 0 aliphatic rings. The molecule has 0 spiro atoms. The van der Waals surface area contributed by atoms with Crippen molar-refractivity contribution in [2.24, 2.45) is 0 Å². The second kappa shape index (κ2) is 23.4. The van der Waals surface area contributed by atoms with E-state index in [0.29, 0.717) is 6.42 Å². The second-order valence-corrected chi connectivity index (χ2v) is 7.54. The van der Waals surface area contributed by atoms with Crippen LogP contribution in [0, 0.1) is 0 Å². The van der Waals surface area contributed by atoms with Crippen LogP contribution in [0.25, 0.3) is 0 Å². The Balaban J connectivity index is 0. The van der Waals surface area contributed by atoms with E-state index in [1.165, 1.54) is 96.4 Å². The van der Waals surface area contributed by atoms with Crippen LogP contribution in [-0.2, 0) is 4.79 Å². The van der Waals surface area contributed by atoms with Crippen LogP contribution in [-0.4, -0.2) is 36.6 Å². The van der Waals surface area contributed by atoms with Gasteiger partial charge in [-0.2, -0.15) is 0 Å². The maximum absolute atomic E-state index is 9.60. The van der Waals surface area contributed by atoms with E-state index in [9.17, 15) is 4.79 Å². The molecule has 0 unspecified atom stereocenters. The zero-order valence-corrected chi connectivity index (χ0v) is 17.8. The third-order valence-electron chi connectivity index (χ3n) is 4.42. The third kappa shape index (κ3) is 31.7. The monoisotopic (exact) mass is 357 g/mol. The molecule has 0 aromatic carbocycles. The Hall–Kier alpha value is -0.570. The number of carbonyl (C=O) groups is 1. The molecule has 1 N–H and O–H groups in total. The van der Waals surface area contributed by atoms with Gasteiger partial charge in [0.25, 0.3) is 0 Å². The fourth-order valence-electron chi connectivity index (χ4n) is 2.84. The second-order valence-electron chi connectivity index (χ2n) is 7.54. The summed E-state index contributed by atoms with van der Waals surface area (Å²) >= 11 is 0. The molecule has 0 fully saturated rings. The maximum atomic E-state index is 9.60. The smallest absolute Gasteiger partial charge is 0.303 e. The molecular weight excluding hydrogens is 310 g/mol. The number of hydrogen-bond donors (Lipinski definition) is 1. The number of carboxylic acid groups (broad SMARTS) is 1. The Morgan fingerprint density at radius 1 is 0.640 bits per heavy atom. The normalized spacial score (nSPS) is 10.6. The number of aliphatic carboxylic acids is 1. The minimum Gasteiger partial charge on any atom is -0.481 e. The van der Waals surface area contributed by atoms with Gasteiger partial charge in [0.1, 0.15) is 0 Å². The molecule has 3 nitrogen and oxygen atoms in total. The molecule has 0 heterocycles. The van der Waals surface area contributed by atoms with Crippen LogP contribution in [0.4, 0.5) is 0 Å². The summed E-state index contributed by atoms with van der Waals surface area (Å²) < 4.78 is 0. The van der Waals surface area contributed by atoms with Crippen molar-refractivity contribution in [1.29, 1.82) is 0 Å². The number of rotatable bonds is 17. The Kier molecular flexibility index (Phi) is 25.0. The van der Waals surface area contributed by atoms with Gasteiger partial charge < -0.3 is 10.0 Å². The van der Waals surface area contributed by atoms with Crippen LogP contribution in [0.15, 0.2) is 0 Å². The molecule has 0 aliphatic carbocycles. The van der Waals surface area contributed by atoms with Crippen molar-refractivity contribution in [1.82, 2.24) is 4.90 Å². The highest BCUT2D eigenvalue weighted by Gasteiger charge is 1.94. The topological polar surface area (TPSA) is 40.5 Å². The van der Waals surface area contributed by atoms with E-state index in [2.05, 4.69) is 25.9 Å². The lowest BCUT2D eigenvalue weighted by atomic mass is 10.0. The predicted molar refractivity (Wildman–Crippen MR) is 111 cm³/mol.